The number of rotatable bonds is 6. The first-order valence-corrected chi connectivity index (χ1v) is 22.3. The molecule has 0 N–H and O–H groups in total. The van der Waals surface area contributed by atoms with Crippen LogP contribution >= 0.6 is 0 Å². The summed E-state index contributed by atoms with van der Waals surface area (Å²) in [5, 5.41) is 0. The first kappa shape index (κ1) is 38.6. The number of benzene rings is 6. The molecule has 3 aliphatic carbocycles. The molecule has 0 unspecified atom stereocenters. The van der Waals surface area contributed by atoms with Crippen LogP contribution in [-0.2, 0) is 29.1 Å². The van der Waals surface area contributed by atoms with Gasteiger partial charge in [0, 0.05) is 22.5 Å². The lowest BCUT2D eigenvalue weighted by Crippen LogP contribution is -2.16. The standard InChI is InChI=1S/C57H63N/c1-55(2,3)44-33-43(34-45(36-44)56(4,5)6)42-32-41-18-12-13-19-49(41)52(35-42)40-24-28-47(29-25-40)58(46-26-22-39(23-27-46)38-16-10-9-11-17-38)48-30-31-51-50-20-14-15-21-53(50)57(7,8)54(51)37-48/h14-15,20-38H,9-13,16-19H2,1-8H3. The largest absolute Gasteiger partial charge is 0.310 e. The predicted molar refractivity (Wildman–Crippen MR) is 249 cm³/mol. The van der Waals surface area contributed by atoms with E-state index in [9.17, 15) is 0 Å². The van der Waals surface area contributed by atoms with E-state index in [1.54, 1.807) is 5.56 Å². The van der Waals surface area contributed by atoms with Crippen LogP contribution in [0.15, 0.2) is 121 Å². The van der Waals surface area contributed by atoms with Crippen LogP contribution in [0.2, 0.25) is 0 Å². The number of fused-ring (bicyclic) bond motifs is 4. The molecule has 6 aromatic carbocycles. The first-order valence-electron chi connectivity index (χ1n) is 22.3. The SMILES string of the molecule is CC(C)(C)c1cc(-c2cc3c(c(-c4ccc(N(c5ccc(C6CCCCC6)cc5)c5ccc6c(c5)C(C)(C)c5ccccc5-6)cc4)c2)CCCC3)cc(C(C)(C)C)c1. The van der Waals surface area contributed by atoms with Crippen molar-refractivity contribution in [2.75, 3.05) is 4.90 Å². The topological polar surface area (TPSA) is 3.24 Å². The second kappa shape index (κ2) is 14.7. The van der Waals surface area contributed by atoms with Crippen LogP contribution in [0.1, 0.15) is 145 Å². The Bertz CT molecular complexity index is 2420. The monoisotopic (exact) mass is 761 g/mol. The molecule has 3 aliphatic rings. The van der Waals surface area contributed by atoms with E-state index in [1.807, 2.05) is 0 Å². The average Bonchev–Trinajstić information content (AvgIpc) is 3.46. The van der Waals surface area contributed by atoms with E-state index >= 15 is 0 Å². The summed E-state index contributed by atoms with van der Waals surface area (Å²) < 4.78 is 0. The molecular formula is C57H63N. The minimum absolute atomic E-state index is 0.0630. The van der Waals surface area contributed by atoms with Gasteiger partial charge in [-0.1, -0.05) is 154 Å². The third-order valence-electron chi connectivity index (χ3n) is 14.0. The molecule has 0 spiro atoms. The first-order chi connectivity index (χ1) is 27.8. The van der Waals surface area contributed by atoms with Crippen LogP contribution in [0.5, 0.6) is 0 Å². The van der Waals surface area contributed by atoms with Crippen molar-refractivity contribution in [1.29, 1.82) is 0 Å². The molecule has 9 rings (SSSR count). The maximum atomic E-state index is 2.52. The van der Waals surface area contributed by atoms with E-state index in [0.29, 0.717) is 5.92 Å². The molecule has 0 aliphatic heterocycles. The van der Waals surface area contributed by atoms with E-state index in [-0.39, 0.29) is 16.2 Å². The van der Waals surface area contributed by atoms with Crippen molar-refractivity contribution in [2.24, 2.45) is 0 Å². The van der Waals surface area contributed by atoms with Gasteiger partial charge in [0.2, 0.25) is 0 Å². The molecule has 0 radical (unpaired) electrons. The Kier molecular flexibility index (Phi) is 9.82. The summed E-state index contributed by atoms with van der Waals surface area (Å²) in [6.45, 7) is 18.8. The van der Waals surface area contributed by atoms with Crippen molar-refractivity contribution in [3.05, 3.63) is 160 Å². The van der Waals surface area contributed by atoms with Crippen LogP contribution in [0.25, 0.3) is 33.4 Å². The normalized spacial score (nSPS) is 16.4. The lowest BCUT2D eigenvalue weighted by Gasteiger charge is -2.29. The van der Waals surface area contributed by atoms with E-state index in [2.05, 4.69) is 182 Å². The Labute approximate surface area is 349 Å². The highest BCUT2D eigenvalue weighted by Crippen LogP contribution is 2.51. The van der Waals surface area contributed by atoms with Crippen LogP contribution in [-0.4, -0.2) is 0 Å². The zero-order chi connectivity index (χ0) is 40.4. The molecular weight excluding hydrogens is 699 g/mol. The summed E-state index contributed by atoms with van der Waals surface area (Å²) in [7, 11) is 0. The molecule has 296 valence electrons. The Balaban J connectivity index is 1.14. The Hall–Kier alpha value is -4.88. The highest BCUT2D eigenvalue weighted by atomic mass is 15.1. The Morgan fingerprint density at radius 2 is 1.07 bits per heavy atom. The van der Waals surface area contributed by atoms with E-state index < -0.39 is 0 Å². The lowest BCUT2D eigenvalue weighted by molar-refractivity contribution is 0.443. The van der Waals surface area contributed by atoms with Gasteiger partial charge >= 0.3 is 0 Å². The molecule has 0 saturated heterocycles. The smallest absolute Gasteiger partial charge is 0.0465 e. The third kappa shape index (κ3) is 7.14. The zero-order valence-electron chi connectivity index (χ0n) is 36.4. The van der Waals surface area contributed by atoms with Gasteiger partial charge in [-0.2, -0.15) is 0 Å². The van der Waals surface area contributed by atoms with E-state index in [0.717, 1.165) is 12.8 Å². The average molecular weight is 762 g/mol. The van der Waals surface area contributed by atoms with Crippen LogP contribution in [0, 0.1) is 0 Å². The molecule has 1 heteroatoms. The van der Waals surface area contributed by atoms with E-state index in [4.69, 9.17) is 0 Å². The number of nitrogens with zero attached hydrogens (tertiary/aromatic N) is 1. The minimum atomic E-state index is -0.0630. The summed E-state index contributed by atoms with van der Waals surface area (Å²) in [5.41, 5.74) is 22.0. The van der Waals surface area contributed by atoms with Gasteiger partial charge < -0.3 is 4.90 Å². The Morgan fingerprint density at radius 1 is 0.483 bits per heavy atom. The van der Waals surface area contributed by atoms with Crippen molar-refractivity contribution < 1.29 is 0 Å². The minimum Gasteiger partial charge on any atom is -0.310 e. The van der Waals surface area contributed by atoms with Gasteiger partial charge in [-0.3, -0.25) is 0 Å². The van der Waals surface area contributed by atoms with Crippen LogP contribution < -0.4 is 4.90 Å². The number of hydrogen-bond acceptors (Lipinski definition) is 1. The van der Waals surface area contributed by atoms with Crippen molar-refractivity contribution in [2.45, 2.75) is 135 Å². The molecule has 0 atom stereocenters. The number of anilines is 3. The molecule has 0 heterocycles. The molecule has 1 saturated carbocycles. The van der Waals surface area contributed by atoms with Gasteiger partial charge in [0.15, 0.2) is 0 Å². The van der Waals surface area contributed by atoms with Crippen molar-refractivity contribution in [3.63, 3.8) is 0 Å². The highest BCUT2D eigenvalue weighted by molar-refractivity contribution is 5.86. The van der Waals surface area contributed by atoms with Crippen molar-refractivity contribution in [1.82, 2.24) is 0 Å². The maximum Gasteiger partial charge on any atom is 0.0465 e. The number of hydrogen-bond donors (Lipinski definition) is 0. The Morgan fingerprint density at radius 3 is 1.74 bits per heavy atom. The van der Waals surface area contributed by atoms with Gasteiger partial charge in [-0.05, 0) is 170 Å². The second-order valence-electron chi connectivity index (χ2n) is 20.4. The van der Waals surface area contributed by atoms with Gasteiger partial charge in [0.1, 0.15) is 0 Å². The molecule has 0 bridgehead atoms. The summed E-state index contributed by atoms with van der Waals surface area (Å²) in [5.74, 6) is 0.688. The molecule has 0 amide bonds. The van der Waals surface area contributed by atoms with Gasteiger partial charge in [-0.15, -0.1) is 0 Å². The number of aryl methyl sites for hydroxylation is 1. The molecule has 58 heavy (non-hydrogen) atoms. The summed E-state index contributed by atoms with van der Waals surface area (Å²) in [6, 6.07) is 47.7. The van der Waals surface area contributed by atoms with Crippen molar-refractivity contribution in [3.8, 4) is 33.4 Å². The fraction of sp³-hybridized carbons (Fsp3) is 0.368. The van der Waals surface area contributed by atoms with Crippen molar-refractivity contribution >= 4 is 17.1 Å². The summed E-state index contributed by atoms with van der Waals surface area (Å²) in [4.78, 5) is 2.49. The molecule has 1 fully saturated rings. The lowest BCUT2D eigenvalue weighted by atomic mass is 9.78. The molecule has 0 aromatic heterocycles. The van der Waals surface area contributed by atoms with Gasteiger partial charge in [0.05, 0.1) is 0 Å². The highest BCUT2D eigenvalue weighted by Gasteiger charge is 2.36. The quantitative estimate of drug-likeness (QED) is 0.163. The van der Waals surface area contributed by atoms with Gasteiger partial charge in [-0.25, -0.2) is 0 Å². The summed E-state index contributed by atoms with van der Waals surface area (Å²) in [6.07, 6.45) is 11.5. The molecule has 6 aromatic rings. The maximum absolute atomic E-state index is 2.52. The van der Waals surface area contributed by atoms with E-state index in [1.165, 1.54) is 129 Å². The third-order valence-corrected chi connectivity index (χ3v) is 14.0. The van der Waals surface area contributed by atoms with Crippen LogP contribution in [0.3, 0.4) is 0 Å². The summed E-state index contributed by atoms with van der Waals surface area (Å²) >= 11 is 0. The predicted octanol–water partition coefficient (Wildman–Crippen LogP) is 16.3. The van der Waals surface area contributed by atoms with Crippen LogP contribution in [0.4, 0.5) is 17.1 Å². The molecule has 1 nitrogen and oxygen atoms in total. The second-order valence-corrected chi connectivity index (χ2v) is 20.4. The fourth-order valence-electron chi connectivity index (χ4n) is 10.4. The fourth-order valence-corrected chi connectivity index (χ4v) is 10.4. The zero-order valence-corrected chi connectivity index (χ0v) is 36.4. The van der Waals surface area contributed by atoms with Gasteiger partial charge in [0.25, 0.3) is 0 Å².